The Balaban J connectivity index is 1.41. The summed E-state index contributed by atoms with van der Waals surface area (Å²) in [6, 6.07) is 10.8. The summed E-state index contributed by atoms with van der Waals surface area (Å²) in [6.07, 6.45) is 5.98. The molecule has 37 heavy (non-hydrogen) atoms. The smallest absolute Gasteiger partial charge is 0.387 e. The van der Waals surface area contributed by atoms with Crippen molar-refractivity contribution in [2.45, 2.75) is 38.7 Å². The highest BCUT2D eigenvalue weighted by atomic mass is 19.3. The number of fused-ring (bicyclic) bond motifs is 1. The van der Waals surface area contributed by atoms with Gasteiger partial charge in [0.15, 0.2) is 17.4 Å². The highest BCUT2D eigenvalue weighted by molar-refractivity contribution is 5.84. The van der Waals surface area contributed by atoms with Gasteiger partial charge in [0.25, 0.3) is 0 Å². The molecule has 0 unspecified atom stereocenters. The van der Waals surface area contributed by atoms with Gasteiger partial charge in [-0.1, -0.05) is 30.3 Å². The molecule has 0 aliphatic carbocycles. The Bertz CT molecular complexity index is 1340. The first-order chi connectivity index (χ1) is 17.8. The van der Waals surface area contributed by atoms with Gasteiger partial charge in [-0.2, -0.15) is 8.78 Å². The average Bonchev–Trinajstić information content (AvgIpc) is 2.88. The van der Waals surface area contributed by atoms with Crippen LogP contribution in [0.15, 0.2) is 54.9 Å². The molecule has 0 amide bonds. The van der Waals surface area contributed by atoms with Crippen LogP contribution in [-0.2, 0) is 36.8 Å². The number of halogens is 5. The van der Waals surface area contributed by atoms with Crippen molar-refractivity contribution in [3.8, 4) is 5.75 Å². The van der Waals surface area contributed by atoms with Crippen LogP contribution < -0.4 is 4.74 Å². The largest absolute Gasteiger partial charge is 0.429 e. The average molecular weight is 517 g/mol. The second-order valence-electron chi connectivity index (χ2n) is 8.61. The molecule has 0 saturated carbocycles. The van der Waals surface area contributed by atoms with E-state index >= 15 is 4.39 Å². The zero-order valence-corrected chi connectivity index (χ0v) is 20.1. The number of alkyl halides is 2. The third kappa shape index (κ3) is 6.80. The summed E-state index contributed by atoms with van der Waals surface area (Å²) in [5.74, 6) is -3.26. The Hall–Kier alpha value is -3.59. The van der Waals surface area contributed by atoms with Crippen LogP contribution >= 0.6 is 0 Å². The van der Waals surface area contributed by atoms with Crippen molar-refractivity contribution in [1.29, 1.82) is 0 Å². The van der Waals surface area contributed by atoms with Gasteiger partial charge in [0, 0.05) is 31.3 Å². The van der Waals surface area contributed by atoms with Crippen LogP contribution in [0.3, 0.4) is 0 Å². The van der Waals surface area contributed by atoms with E-state index in [-0.39, 0.29) is 18.4 Å². The Morgan fingerprint density at radius 1 is 0.757 bits per heavy atom. The lowest BCUT2D eigenvalue weighted by molar-refractivity contribution is -0.0546. The fourth-order valence-electron chi connectivity index (χ4n) is 4.09. The number of benzene rings is 3. The lowest BCUT2D eigenvalue weighted by Crippen LogP contribution is -2.06. The van der Waals surface area contributed by atoms with E-state index in [0.29, 0.717) is 30.4 Å². The Morgan fingerprint density at radius 2 is 1.46 bits per heavy atom. The molecule has 3 aromatic carbocycles. The number of nitrogens with zero attached hydrogens (tertiary/aromatic N) is 2. The van der Waals surface area contributed by atoms with Gasteiger partial charge in [-0.3, -0.25) is 0 Å². The third-order valence-corrected chi connectivity index (χ3v) is 6.04. The molecule has 1 aromatic heterocycles. The second kappa shape index (κ2) is 12.1. The van der Waals surface area contributed by atoms with Gasteiger partial charge in [-0.15, -0.1) is 0 Å². The molecular weight excluding hydrogens is 491 g/mol. The number of hydrogen-bond acceptors (Lipinski definition) is 4. The van der Waals surface area contributed by atoms with Crippen LogP contribution in [0, 0.1) is 17.5 Å². The van der Waals surface area contributed by atoms with E-state index in [9.17, 15) is 17.6 Å². The maximum atomic E-state index is 15.2. The summed E-state index contributed by atoms with van der Waals surface area (Å²) in [5, 5.41) is 1.18. The zero-order valence-electron chi connectivity index (χ0n) is 20.1. The van der Waals surface area contributed by atoms with E-state index in [1.54, 1.807) is 37.7 Å². The van der Waals surface area contributed by atoms with Crippen molar-refractivity contribution in [3.05, 3.63) is 100 Å². The minimum absolute atomic E-state index is 0.119. The molecule has 0 radical (unpaired) electrons. The molecule has 0 saturated heterocycles. The molecule has 0 bridgehead atoms. The van der Waals surface area contributed by atoms with Gasteiger partial charge in [0.2, 0.25) is 0 Å². The number of aromatic nitrogens is 2. The first-order valence-corrected chi connectivity index (χ1v) is 11.8. The summed E-state index contributed by atoms with van der Waals surface area (Å²) >= 11 is 0. The molecule has 4 rings (SSSR count). The van der Waals surface area contributed by atoms with Crippen molar-refractivity contribution < 1.29 is 31.4 Å². The van der Waals surface area contributed by atoms with E-state index in [0.717, 1.165) is 40.9 Å². The number of rotatable bonds is 11. The molecule has 0 aliphatic rings. The molecule has 4 nitrogen and oxygen atoms in total. The molecule has 194 valence electrons. The first-order valence-electron chi connectivity index (χ1n) is 11.8. The summed E-state index contributed by atoms with van der Waals surface area (Å²) < 4.78 is 76.7. The van der Waals surface area contributed by atoms with E-state index in [2.05, 4.69) is 14.7 Å². The Labute approximate surface area is 211 Å². The maximum absolute atomic E-state index is 15.2. The monoisotopic (exact) mass is 516 g/mol. The van der Waals surface area contributed by atoms with Crippen LogP contribution in [0.25, 0.3) is 10.8 Å². The Morgan fingerprint density at radius 3 is 2.14 bits per heavy atom. The van der Waals surface area contributed by atoms with Crippen LogP contribution in [0.4, 0.5) is 22.0 Å². The van der Waals surface area contributed by atoms with Gasteiger partial charge >= 0.3 is 6.61 Å². The molecule has 9 heteroatoms. The van der Waals surface area contributed by atoms with Gasteiger partial charge in [0.05, 0.1) is 6.61 Å². The van der Waals surface area contributed by atoms with Crippen molar-refractivity contribution in [2.75, 3.05) is 13.7 Å². The molecule has 0 aliphatic heterocycles. The summed E-state index contributed by atoms with van der Waals surface area (Å²) in [6.45, 7) is -2.73. The first kappa shape index (κ1) is 26.5. The summed E-state index contributed by atoms with van der Waals surface area (Å²) in [5.41, 5.74) is 2.62. The molecule has 0 fully saturated rings. The van der Waals surface area contributed by atoms with E-state index in [4.69, 9.17) is 4.74 Å². The predicted octanol–water partition coefficient (Wildman–Crippen LogP) is 6.41. The highest BCUT2D eigenvalue weighted by Crippen LogP contribution is 2.27. The van der Waals surface area contributed by atoms with Crippen LogP contribution in [0.5, 0.6) is 5.75 Å². The van der Waals surface area contributed by atoms with Crippen LogP contribution in [0.2, 0.25) is 0 Å². The minimum atomic E-state index is -3.34. The minimum Gasteiger partial charge on any atom is -0.429 e. The number of aryl methyl sites for hydroxylation is 4. The lowest BCUT2D eigenvalue weighted by Gasteiger charge is -2.11. The number of hydrogen-bond donors (Lipinski definition) is 0. The standard InChI is InChI=1S/C28H25F5N2O2/c1-36-11-10-19-15-34-25(35-16-19)9-4-17-3-8-22-21(12-17)7-6-20(26(22)31)5-2-18-13-23(29)27(24(30)14-18)37-28(32)33/h3,6-8,12-16,28H,2,4-5,9-11H2,1H3. The van der Waals surface area contributed by atoms with E-state index in [1.165, 1.54) is 0 Å². The zero-order chi connectivity index (χ0) is 26.4. The SMILES string of the molecule is COCCc1cnc(CCc2ccc3c(F)c(CCc4cc(F)c(OC(F)F)c(F)c4)ccc3c2)nc1. The Kier molecular flexibility index (Phi) is 8.66. The molecule has 0 spiro atoms. The van der Waals surface area contributed by atoms with Crippen LogP contribution in [0.1, 0.15) is 28.1 Å². The maximum Gasteiger partial charge on any atom is 0.387 e. The van der Waals surface area contributed by atoms with Gasteiger partial charge in [-0.05, 0) is 65.5 Å². The predicted molar refractivity (Wildman–Crippen MR) is 129 cm³/mol. The van der Waals surface area contributed by atoms with Crippen molar-refractivity contribution in [1.82, 2.24) is 9.97 Å². The molecular formula is C28H25F5N2O2. The van der Waals surface area contributed by atoms with E-state index in [1.807, 2.05) is 12.1 Å². The van der Waals surface area contributed by atoms with Gasteiger partial charge in [-0.25, -0.2) is 23.1 Å². The highest BCUT2D eigenvalue weighted by Gasteiger charge is 2.17. The molecule has 4 aromatic rings. The molecule has 0 atom stereocenters. The van der Waals surface area contributed by atoms with E-state index < -0.39 is 29.8 Å². The number of methoxy groups -OCH3 is 1. The fourth-order valence-corrected chi connectivity index (χ4v) is 4.09. The quantitative estimate of drug-likeness (QED) is 0.216. The van der Waals surface area contributed by atoms with Crippen LogP contribution in [-0.4, -0.2) is 30.3 Å². The number of ether oxygens (including phenoxy) is 2. The third-order valence-electron chi connectivity index (χ3n) is 6.04. The molecule has 1 heterocycles. The van der Waals surface area contributed by atoms with Crippen molar-refractivity contribution in [3.63, 3.8) is 0 Å². The second-order valence-corrected chi connectivity index (χ2v) is 8.61. The van der Waals surface area contributed by atoms with Gasteiger partial charge in [0.1, 0.15) is 11.6 Å². The summed E-state index contributed by atoms with van der Waals surface area (Å²) in [7, 11) is 1.65. The van der Waals surface area contributed by atoms with Crippen molar-refractivity contribution >= 4 is 10.8 Å². The molecule has 0 N–H and O–H groups in total. The summed E-state index contributed by atoms with van der Waals surface area (Å²) in [4.78, 5) is 8.79. The fraction of sp³-hybridized carbons (Fsp3) is 0.286. The topological polar surface area (TPSA) is 44.2 Å². The van der Waals surface area contributed by atoms with Crippen molar-refractivity contribution in [2.24, 2.45) is 0 Å². The lowest BCUT2D eigenvalue weighted by atomic mass is 9.98. The normalized spacial score (nSPS) is 11.4. The van der Waals surface area contributed by atoms with Gasteiger partial charge < -0.3 is 9.47 Å².